The molecule has 0 aliphatic rings. The Morgan fingerprint density at radius 1 is 0.938 bits per heavy atom. The van der Waals surface area contributed by atoms with Gasteiger partial charge in [0.1, 0.15) is 11.5 Å². The predicted molar refractivity (Wildman–Crippen MR) is 67.4 cm³/mol. The highest BCUT2D eigenvalue weighted by atomic mass is 16.5. The van der Waals surface area contributed by atoms with E-state index in [-0.39, 0.29) is 5.41 Å². The number of ether oxygens (including phenoxy) is 2. The summed E-state index contributed by atoms with van der Waals surface area (Å²) in [6, 6.07) is 6.07. The van der Waals surface area contributed by atoms with Crippen molar-refractivity contribution in [1.29, 1.82) is 0 Å². The fraction of sp³-hybridized carbons (Fsp3) is 0.571. The zero-order chi connectivity index (χ0) is 12.3. The van der Waals surface area contributed by atoms with E-state index >= 15 is 0 Å². The number of hydrogen-bond donors (Lipinski definition) is 0. The second kappa shape index (κ2) is 4.77. The van der Waals surface area contributed by atoms with Crippen LogP contribution in [0.2, 0.25) is 0 Å². The Morgan fingerprint density at radius 2 is 1.38 bits per heavy atom. The predicted octanol–water partition coefficient (Wildman–Crippen LogP) is 3.85. The van der Waals surface area contributed by atoms with Crippen LogP contribution in [0.5, 0.6) is 11.5 Å². The summed E-state index contributed by atoms with van der Waals surface area (Å²) in [5, 5.41) is 0. The van der Waals surface area contributed by atoms with Gasteiger partial charge in [-0.05, 0) is 29.0 Å². The average molecular weight is 222 g/mol. The third-order valence-corrected chi connectivity index (χ3v) is 3.17. The van der Waals surface area contributed by atoms with Crippen molar-refractivity contribution < 1.29 is 9.47 Å². The maximum absolute atomic E-state index is 5.28. The van der Waals surface area contributed by atoms with Gasteiger partial charge in [-0.15, -0.1) is 0 Å². The first-order chi connectivity index (χ1) is 7.38. The first-order valence-corrected chi connectivity index (χ1v) is 5.61. The minimum atomic E-state index is 0.234. The van der Waals surface area contributed by atoms with Crippen molar-refractivity contribution in [3.05, 3.63) is 23.8 Å². The lowest BCUT2D eigenvalue weighted by atomic mass is 9.78. The van der Waals surface area contributed by atoms with Crippen molar-refractivity contribution in [2.24, 2.45) is 5.41 Å². The van der Waals surface area contributed by atoms with Crippen molar-refractivity contribution in [2.45, 2.75) is 33.6 Å². The SMILES string of the molecule is COc1cc(OC)cc(C(C)C(C)(C)C)c1. The first kappa shape index (κ1) is 12.9. The van der Waals surface area contributed by atoms with E-state index < -0.39 is 0 Å². The Morgan fingerprint density at radius 3 is 1.69 bits per heavy atom. The van der Waals surface area contributed by atoms with Crippen LogP contribution in [0.15, 0.2) is 18.2 Å². The molecule has 0 spiro atoms. The van der Waals surface area contributed by atoms with E-state index in [0.717, 1.165) is 11.5 Å². The maximum Gasteiger partial charge on any atom is 0.122 e. The van der Waals surface area contributed by atoms with Crippen LogP contribution in [-0.4, -0.2) is 14.2 Å². The summed E-state index contributed by atoms with van der Waals surface area (Å²) in [5.41, 5.74) is 1.49. The molecule has 0 fully saturated rings. The molecule has 1 unspecified atom stereocenters. The Labute approximate surface area is 98.6 Å². The standard InChI is InChI=1S/C14H22O2/c1-10(14(2,3)4)11-7-12(15-5)9-13(8-11)16-6/h7-10H,1-6H3. The largest absolute Gasteiger partial charge is 0.497 e. The Balaban J connectivity index is 3.13. The van der Waals surface area contributed by atoms with Gasteiger partial charge < -0.3 is 9.47 Å². The zero-order valence-corrected chi connectivity index (χ0v) is 11.1. The van der Waals surface area contributed by atoms with Crippen molar-refractivity contribution >= 4 is 0 Å². The van der Waals surface area contributed by atoms with Gasteiger partial charge in [-0.2, -0.15) is 0 Å². The molecule has 0 saturated carbocycles. The van der Waals surface area contributed by atoms with E-state index in [1.165, 1.54) is 5.56 Å². The summed E-state index contributed by atoms with van der Waals surface area (Å²) in [5.74, 6) is 2.16. The second-order valence-electron chi connectivity index (χ2n) is 5.23. The van der Waals surface area contributed by atoms with Crippen molar-refractivity contribution in [2.75, 3.05) is 14.2 Å². The van der Waals surface area contributed by atoms with E-state index in [0.29, 0.717) is 5.92 Å². The lowest BCUT2D eigenvalue weighted by Gasteiger charge is -2.28. The van der Waals surface area contributed by atoms with Gasteiger partial charge in [-0.1, -0.05) is 27.7 Å². The van der Waals surface area contributed by atoms with Crippen LogP contribution < -0.4 is 9.47 Å². The summed E-state index contributed by atoms with van der Waals surface area (Å²) in [6.45, 7) is 8.95. The Hall–Kier alpha value is -1.18. The Bertz CT molecular complexity index is 328. The summed E-state index contributed by atoms with van der Waals surface area (Å²) in [4.78, 5) is 0. The van der Waals surface area contributed by atoms with Gasteiger partial charge in [0.2, 0.25) is 0 Å². The van der Waals surface area contributed by atoms with Gasteiger partial charge in [0, 0.05) is 6.07 Å². The lowest BCUT2D eigenvalue weighted by Crippen LogP contribution is -2.15. The molecule has 0 N–H and O–H groups in total. The van der Waals surface area contributed by atoms with Crippen LogP contribution in [-0.2, 0) is 0 Å². The van der Waals surface area contributed by atoms with E-state index in [4.69, 9.17) is 9.47 Å². The third-order valence-electron chi connectivity index (χ3n) is 3.17. The molecule has 0 amide bonds. The molecule has 0 radical (unpaired) electrons. The second-order valence-corrected chi connectivity index (χ2v) is 5.23. The van der Waals surface area contributed by atoms with Crippen LogP contribution in [0, 0.1) is 5.41 Å². The normalized spacial score (nSPS) is 13.4. The highest BCUT2D eigenvalue weighted by Crippen LogP contribution is 2.37. The molecule has 16 heavy (non-hydrogen) atoms. The summed E-state index contributed by atoms with van der Waals surface area (Å²) < 4.78 is 10.6. The molecule has 1 rings (SSSR count). The number of methoxy groups -OCH3 is 2. The van der Waals surface area contributed by atoms with Crippen LogP contribution >= 0.6 is 0 Å². The van der Waals surface area contributed by atoms with Crippen molar-refractivity contribution in [1.82, 2.24) is 0 Å². The topological polar surface area (TPSA) is 18.5 Å². The molecule has 0 aliphatic carbocycles. The van der Waals surface area contributed by atoms with Crippen LogP contribution in [0.3, 0.4) is 0 Å². The molecule has 0 aromatic heterocycles. The van der Waals surface area contributed by atoms with Crippen LogP contribution in [0.4, 0.5) is 0 Å². The Kier molecular flexibility index (Phi) is 3.84. The fourth-order valence-electron chi connectivity index (χ4n) is 1.58. The third kappa shape index (κ3) is 2.91. The van der Waals surface area contributed by atoms with E-state index in [1.54, 1.807) is 14.2 Å². The van der Waals surface area contributed by atoms with Gasteiger partial charge in [-0.3, -0.25) is 0 Å². The average Bonchev–Trinajstić information content (AvgIpc) is 2.26. The monoisotopic (exact) mass is 222 g/mol. The van der Waals surface area contributed by atoms with Gasteiger partial charge >= 0.3 is 0 Å². The van der Waals surface area contributed by atoms with Gasteiger partial charge in [-0.25, -0.2) is 0 Å². The molecule has 1 aromatic rings. The fourth-order valence-corrected chi connectivity index (χ4v) is 1.58. The highest BCUT2D eigenvalue weighted by Gasteiger charge is 2.22. The molecule has 1 aromatic carbocycles. The van der Waals surface area contributed by atoms with Crippen LogP contribution in [0.25, 0.3) is 0 Å². The minimum absolute atomic E-state index is 0.234. The molecular formula is C14H22O2. The lowest BCUT2D eigenvalue weighted by molar-refractivity contribution is 0.335. The summed E-state index contributed by atoms with van der Waals surface area (Å²) in [6.07, 6.45) is 0. The molecule has 0 aliphatic heterocycles. The highest BCUT2D eigenvalue weighted by molar-refractivity contribution is 5.40. The molecule has 1 atom stereocenters. The molecule has 0 bridgehead atoms. The zero-order valence-electron chi connectivity index (χ0n) is 11.1. The summed E-state index contributed by atoms with van der Waals surface area (Å²) in [7, 11) is 3.36. The van der Waals surface area contributed by atoms with E-state index in [2.05, 4.69) is 39.8 Å². The summed E-state index contributed by atoms with van der Waals surface area (Å²) >= 11 is 0. The smallest absolute Gasteiger partial charge is 0.122 e. The molecule has 0 saturated heterocycles. The van der Waals surface area contributed by atoms with E-state index in [1.807, 2.05) is 6.07 Å². The first-order valence-electron chi connectivity index (χ1n) is 5.61. The minimum Gasteiger partial charge on any atom is -0.497 e. The number of rotatable bonds is 3. The van der Waals surface area contributed by atoms with Crippen molar-refractivity contribution in [3.8, 4) is 11.5 Å². The quantitative estimate of drug-likeness (QED) is 0.773. The van der Waals surface area contributed by atoms with Crippen LogP contribution in [0.1, 0.15) is 39.2 Å². The molecular weight excluding hydrogens is 200 g/mol. The van der Waals surface area contributed by atoms with Gasteiger partial charge in [0.25, 0.3) is 0 Å². The molecule has 90 valence electrons. The van der Waals surface area contributed by atoms with Crippen molar-refractivity contribution in [3.63, 3.8) is 0 Å². The van der Waals surface area contributed by atoms with Gasteiger partial charge in [0.15, 0.2) is 0 Å². The molecule has 2 heteroatoms. The number of benzene rings is 1. The number of hydrogen-bond acceptors (Lipinski definition) is 2. The maximum atomic E-state index is 5.28. The van der Waals surface area contributed by atoms with Gasteiger partial charge in [0.05, 0.1) is 14.2 Å². The molecule has 2 nitrogen and oxygen atoms in total. The molecule has 0 heterocycles. The van der Waals surface area contributed by atoms with E-state index in [9.17, 15) is 0 Å².